The maximum atomic E-state index is 10.6. The van der Waals surface area contributed by atoms with Crippen LogP contribution in [0.5, 0.6) is 5.75 Å². The lowest BCUT2D eigenvalue weighted by atomic mass is 9.96. The molecule has 2 rings (SSSR count). The summed E-state index contributed by atoms with van der Waals surface area (Å²) in [5.41, 5.74) is 0.778. The highest BCUT2D eigenvalue weighted by Crippen LogP contribution is 2.31. The molecule has 0 atom stereocenters. The fourth-order valence-corrected chi connectivity index (χ4v) is 2.11. The first-order valence-corrected chi connectivity index (χ1v) is 6.11. The number of carboxylic acids is 1. The summed E-state index contributed by atoms with van der Waals surface area (Å²) in [4.78, 5) is 10.6. The maximum Gasteiger partial charge on any atom is 0.307 e. The zero-order valence-electron chi connectivity index (χ0n) is 8.78. The van der Waals surface area contributed by atoms with E-state index in [1.165, 1.54) is 6.42 Å². The molecule has 1 N–H and O–H groups in total. The SMILES string of the molecule is O=C(O)Cc1ccc(OC2CCC2)c(Br)c1. The van der Waals surface area contributed by atoms with Crippen LogP contribution < -0.4 is 4.74 Å². The Morgan fingerprint density at radius 2 is 2.25 bits per heavy atom. The van der Waals surface area contributed by atoms with E-state index in [-0.39, 0.29) is 6.42 Å². The molecular formula is C12H13BrO3. The standard InChI is InChI=1S/C12H13BrO3/c13-10-6-8(7-12(14)15)4-5-11(10)16-9-2-1-3-9/h4-6,9H,1-3,7H2,(H,14,15). The molecule has 1 saturated carbocycles. The molecular weight excluding hydrogens is 272 g/mol. The van der Waals surface area contributed by atoms with Crippen LogP contribution in [0, 0.1) is 0 Å². The normalized spacial score (nSPS) is 15.6. The highest BCUT2D eigenvalue weighted by atomic mass is 79.9. The molecule has 4 heteroatoms. The lowest BCUT2D eigenvalue weighted by Crippen LogP contribution is -2.24. The molecule has 0 aromatic heterocycles. The van der Waals surface area contributed by atoms with E-state index in [4.69, 9.17) is 9.84 Å². The van der Waals surface area contributed by atoms with Crippen LogP contribution in [0.3, 0.4) is 0 Å². The maximum absolute atomic E-state index is 10.6. The third-order valence-corrected chi connectivity index (χ3v) is 3.32. The van der Waals surface area contributed by atoms with Gasteiger partial charge in [-0.25, -0.2) is 0 Å². The summed E-state index contributed by atoms with van der Waals surface area (Å²) in [6, 6.07) is 5.44. The highest BCUT2D eigenvalue weighted by molar-refractivity contribution is 9.10. The number of ether oxygens (including phenoxy) is 1. The number of carbonyl (C=O) groups is 1. The van der Waals surface area contributed by atoms with Gasteiger partial charge in [-0.05, 0) is 52.9 Å². The lowest BCUT2D eigenvalue weighted by molar-refractivity contribution is -0.136. The molecule has 1 aromatic rings. The van der Waals surface area contributed by atoms with Crippen molar-refractivity contribution in [3.05, 3.63) is 28.2 Å². The van der Waals surface area contributed by atoms with E-state index in [0.29, 0.717) is 6.10 Å². The van der Waals surface area contributed by atoms with E-state index < -0.39 is 5.97 Å². The molecule has 1 aliphatic rings. The van der Waals surface area contributed by atoms with Crippen LogP contribution in [0.1, 0.15) is 24.8 Å². The van der Waals surface area contributed by atoms with Crippen LogP contribution in [-0.2, 0) is 11.2 Å². The van der Waals surface area contributed by atoms with Crippen LogP contribution in [0.15, 0.2) is 22.7 Å². The average molecular weight is 285 g/mol. The lowest BCUT2D eigenvalue weighted by Gasteiger charge is -2.26. The van der Waals surface area contributed by atoms with Gasteiger partial charge in [0.15, 0.2) is 0 Å². The Bertz CT molecular complexity index is 399. The minimum atomic E-state index is -0.820. The fourth-order valence-electron chi connectivity index (χ4n) is 1.59. The first-order chi connectivity index (χ1) is 7.65. The van der Waals surface area contributed by atoms with Crippen molar-refractivity contribution in [3.63, 3.8) is 0 Å². The van der Waals surface area contributed by atoms with Gasteiger partial charge in [-0.15, -0.1) is 0 Å². The average Bonchev–Trinajstić information content (AvgIpc) is 2.12. The Morgan fingerprint density at radius 3 is 2.75 bits per heavy atom. The molecule has 1 aromatic carbocycles. The summed E-state index contributed by atoms with van der Waals surface area (Å²) in [5.74, 6) is -0.0154. The van der Waals surface area contributed by atoms with Gasteiger partial charge in [0.25, 0.3) is 0 Å². The number of carboxylic acid groups (broad SMARTS) is 1. The van der Waals surface area contributed by atoms with Crippen molar-refractivity contribution in [3.8, 4) is 5.75 Å². The molecule has 0 amide bonds. The Hall–Kier alpha value is -1.03. The monoisotopic (exact) mass is 284 g/mol. The second-order valence-corrected chi connectivity index (χ2v) is 4.86. The summed E-state index contributed by atoms with van der Waals surface area (Å²) in [6.07, 6.45) is 3.84. The zero-order chi connectivity index (χ0) is 11.5. The number of hydrogen-bond donors (Lipinski definition) is 1. The quantitative estimate of drug-likeness (QED) is 0.925. The van der Waals surface area contributed by atoms with Gasteiger partial charge in [-0.3, -0.25) is 4.79 Å². The van der Waals surface area contributed by atoms with Crippen molar-refractivity contribution in [2.24, 2.45) is 0 Å². The van der Waals surface area contributed by atoms with Gasteiger partial charge in [0.1, 0.15) is 5.75 Å². The number of aliphatic carboxylic acids is 1. The Kier molecular flexibility index (Phi) is 3.49. The summed E-state index contributed by atoms with van der Waals surface area (Å²) in [7, 11) is 0. The largest absolute Gasteiger partial charge is 0.489 e. The molecule has 0 unspecified atom stereocenters. The summed E-state index contributed by atoms with van der Waals surface area (Å²) >= 11 is 3.40. The van der Waals surface area contributed by atoms with Gasteiger partial charge in [0.2, 0.25) is 0 Å². The van der Waals surface area contributed by atoms with Crippen LogP contribution in [0.25, 0.3) is 0 Å². The van der Waals surface area contributed by atoms with Crippen molar-refractivity contribution < 1.29 is 14.6 Å². The summed E-state index contributed by atoms with van der Waals surface area (Å²) in [5, 5.41) is 8.67. The van der Waals surface area contributed by atoms with Crippen molar-refractivity contribution in [1.82, 2.24) is 0 Å². The zero-order valence-corrected chi connectivity index (χ0v) is 10.4. The molecule has 86 valence electrons. The molecule has 0 aliphatic heterocycles. The van der Waals surface area contributed by atoms with Gasteiger partial charge in [0.05, 0.1) is 17.0 Å². The summed E-state index contributed by atoms with van der Waals surface area (Å²) < 4.78 is 6.58. The smallest absolute Gasteiger partial charge is 0.307 e. The number of halogens is 1. The Labute approximate surface area is 103 Å². The highest BCUT2D eigenvalue weighted by Gasteiger charge is 2.20. The van der Waals surface area contributed by atoms with Gasteiger partial charge in [-0.1, -0.05) is 6.07 Å². The molecule has 0 radical (unpaired) electrons. The van der Waals surface area contributed by atoms with E-state index in [9.17, 15) is 4.79 Å². The van der Waals surface area contributed by atoms with Crippen molar-refractivity contribution in [2.45, 2.75) is 31.8 Å². The van der Waals surface area contributed by atoms with E-state index in [0.717, 1.165) is 28.6 Å². The molecule has 0 heterocycles. The number of benzene rings is 1. The van der Waals surface area contributed by atoms with E-state index >= 15 is 0 Å². The third-order valence-electron chi connectivity index (χ3n) is 2.70. The predicted octanol–water partition coefficient (Wildman–Crippen LogP) is 3.01. The molecule has 16 heavy (non-hydrogen) atoms. The van der Waals surface area contributed by atoms with E-state index in [1.807, 2.05) is 12.1 Å². The van der Waals surface area contributed by atoms with E-state index in [2.05, 4.69) is 15.9 Å². The minimum Gasteiger partial charge on any atom is -0.489 e. The van der Waals surface area contributed by atoms with Crippen LogP contribution >= 0.6 is 15.9 Å². The number of rotatable bonds is 4. The Morgan fingerprint density at radius 1 is 1.50 bits per heavy atom. The topological polar surface area (TPSA) is 46.5 Å². The van der Waals surface area contributed by atoms with Gasteiger partial charge < -0.3 is 9.84 Å². The van der Waals surface area contributed by atoms with Gasteiger partial charge >= 0.3 is 5.97 Å². The molecule has 0 spiro atoms. The van der Waals surface area contributed by atoms with Crippen molar-refractivity contribution in [2.75, 3.05) is 0 Å². The second kappa shape index (κ2) is 4.87. The Balaban J connectivity index is 2.06. The molecule has 0 saturated heterocycles. The second-order valence-electron chi connectivity index (χ2n) is 4.01. The third kappa shape index (κ3) is 2.76. The first-order valence-electron chi connectivity index (χ1n) is 5.32. The fraction of sp³-hybridized carbons (Fsp3) is 0.417. The predicted molar refractivity (Wildman–Crippen MR) is 63.7 cm³/mol. The van der Waals surface area contributed by atoms with Gasteiger partial charge in [-0.2, -0.15) is 0 Å². The van der Waals surface area contributed by atoms with Crippen LogP contribution in [0.2, 0.25) is 0 Å². The first kappa shape index (κ1) is 11.5. The van der Waals surface area contributed by atoms with Crippen LogP contribution in [-0.4, -0.2) is 17.2 Å². The number of hydrogen-bond acceptors (Lipinski definition) is 2. The molecule has 1 fully saturated rings. The van der Waals surface area contributed by atoms with Gasteiger partial charge in [0, 0.05) is 0 Å². The van der Waals surface area contributed by atoms with Crippen molar-refractivity contribution in [1.29, 1.82) is 0 Å². The molecule has 3 nitrogen and oxygen atoms in total. The minimum absolute atomic E-state index is 0.0440. The molecule has 1 aliphatic carbocycles. The van der Waals surface area contributed by atoms with Crippen LogP contribution in [0.4, 0.5) is 0 Å². The molecule has 0 bridgehead atoms. The summed E-state index contributed by atoms with van der Waals surface area (Å²) in [6.45, 7) is 0. The van der Waals surface area contributed by atoms with Crippen molar-refractivity contribution >= 4 is 21.9 Å². The van der Waals surface area contributed by atoms with E-state index in [1.54, 1.807) is 6.07 Å².